The molecule has 1 fully saturated rings. The van der Waals surface area contributed by atoms with Crippen LogP contribution in [0.5, 0.6) is 0 Å². The second kappa shape index (κ2) is 6.06. The molecule has 1 aromatic carbocycles. The smallest absolute Gasteiger partial charge is 0.399 e. The van der Waals surface area contributed by atoms with E-state index in [0.717, 1.165) is 12.0 Å². The van der Waals surface area contributed by atoms with Gasteiger partial charge in [0, 0.05) is 6.54 Å². The van der Waals surface area contributed by atoms with E-state index in [2.05, 4.69) is 58.1 Å². The summed E-state index contributed by atoms with van der Waals surface area (Å²) in [4.78, 5) is 0. The van der Waals surface area contributed by atoms with E-state index in [1.165, 1.54) is 11.1 Å². The van der Waals surface area contributed by atoms with Gasteiger partial charge in [-0.2, -0.15) is 0 Å². The fraction of sp³-hybridized carbons (Fsp3) is 0.600. The third-order valence-electron chi connectivity index (χ3n) is 4.26. The fourth-order valence-electron chi connectivity index (χ4n) is 2.23. The maximum absolute atomic E-state index is 6.07. The van der Waals surface area contributed by atoms with Crippen LogP contribution >= 0.6 is 12.4 Å². The van der Waals surface area contributed by atoms with Crippen LogP contribution in [-0.2, 0) is 15.9 Å². The highest BCUT2D eigenvalue weighted by Crippen LogP contribution is 2.36. The summed E-state index contributed by atoms with van der Waals surface area (Å²) in [6.45, 7) is 11.3. The average molecular weight is 298 g/mol. The molecule has 0 atom stereocenters. The summed E-state index contributed by atoms with van der Waals surface area (Å²) in [5, 5.41) is 3.18. The first-order chi connectivity index (χ1) is 8.77. The standard InChI is InChI=1S/C15H24BNO2.ClH/c1-11-9-13(8-7-12(11)10-17-6)16-18-14(2,3)15(4,5)19-16;/h7-9,17H,10H2,1-6H3;1H. The molecular weight excluding hydrogens is 272 g/mol. The lowest BCUT2D eigenvalue weighted by molar-refractivity contribution is 0.00578. The highest BCUT2D eigenvalue weighted by molar-refractivity contribution is 6.62. The molecule has 0 spiro atoms. The van der Waals surface area contributed by atoms with E-state index in [-0.39, 0.29) is 30.7 Å². The lowest BCUT2D eigenvalue weighted by Crippen LogP contribution is -2.41. The topological polar surface area (TPSA) is 30.5 Å². The molecule has 0 bridgehead atoms. The van der Waals surface area contributed by atoms with Crippen molar-refractivity contribution in [3.63, 3.8) is 0 Å². The first kappa shape index (κ1) is 17.5. The lowest BCUT2D eigenvalue weighted by atomic mass is 9.78. The van der Waals surface area contributed by atoms with Crippen LogP contribution in [0.25, 0.3) is 0 Å². The zero-order valence-electron chi connectivity index (χ0n) is 13.2. The van der Waals surface area contributed by atoms with Crippen LogP contribution in [-0.4, -0.2) is 25.4 Å². The number of hydrogen-bond donors (Lipinski definition) is 1. The van der Waals surface area contributed by atoms with Crippen molar-refractivity contribution in [1.29, 1.82) is 0 Å². The molecule has 1 saturated heterocycles. The van der Waals surface area contributed by atoms with Gasteiger partial charge in [-0.05, 0) is 58.3 Å². The fourth-order valence-corrected chi connectivity index (χ4v) is 2.23. The van der Waals surface area contributed by atoms with Gasteiger partial charge >= 0.3 is 7.12 Å². The maximum Gasteiger partial charge on any atom is 0.494 e. The number of hydrogen-bond acceptors (Lipinski definition) is 3. The van der Waals surface area contributed by atoms with Gasteiger partial charge in [0.1, 0.15) is 0 Å². The monoisotopic (exact) mass is 297 g/mol. The largest absolute Gasteiger partial charge is 0.494 e. The first-order valence-corrected chi connectivity index (χ1v) is 6.86. The van der Waals surface area contributed by atoms with Crippen molar-refractivity contribution in [3.8, 4) is 0 Å². The van der Waals surface area contributed by atoms with Gasteiger partial charge in [-0.25, -0.2) is 0 Å². The molecule has 1 aliphatic rings. The summed E-state index contributed by atoms with van der Waals surface area (Å²) in [5.41, 5.74) is 3.10. The zero-order chi connectivity index (χ0) is 14.3. The van der Waals surface area contributed by atoms with Gasteiger partial charge < -0.3 is 14.6 Å². The quantitative estimate of drug-likeness (QED) is 0.869. The molecule has 1 heterocycles. The summed E-state index contributed by atoms with van der Waals surface area (Å²) >= 11 is 0. The van der Waals surface area contributed by atoms with Crippen LogP contribution in [0.4, 0.5) is 0 Å². The minimum Gasteiger partial charge on any atom is -0.399 e. The summed E-state index contributed by atoms with van der Waals surface area (Å²) in [6.07, 6.45) is 0. The SMILES string of the molecule is CNCc1ccc(B2OC(C)(C)C(C)(C)O2)cc1C.Cl. The van der Waals surface area contributed by atoms with Crippen LogP contribution in [0.1, 0.15) is 38.8 Å². The Labute approximate surface area is 129 Å². The number of benzene rings is 1. The third-order valence-corrected chi connectivity index (χ3v) is 4.26. The Kier molecular flexibility index (Phi) is 5.31. The lowest BCUT2D eigenvalue weighted by Gasteiger charge is -2.32. The van der Waals surface area contributed by atoms with Gasteiger partial charge in [-0.1, -0.05) is 18.2 Å². The van der Waals surface area contributed by atoms with Crippen LogP contribution in [0, 0.1) is 6.92 Å². The molecule has 20 heavy (non-hydrogen) atoms. The Hall–Kier alpha value is -0.545. The van der Waals surface area contributed by atoms with E-state index >= 15 is 0 Å². The Bertz CT molecular complexity index is 461. The van der Waals surface area contributed by atoms with Crippen LogP contribution in [0.3, 0.4) is 0 Å². The van der Waals surface area contributed by atoms with E-state index in [4.69, 9.17) is 9.31 Å². The summed E-state index contributed by atoms with van der Waals surface area (Å²) in [5.74, 6) is 0. The van der Waals surface area contributed by atoms with E-state index in [1.54, 1.807) is 0 Å². The predicted molar refractivity (Wildman–Crippen MR) is 86.9 cm³/mol. The molecule has 0 aliphatic carbocycles. The molecule has 0 radical (unpaired) electrons. The van der Waals surface area contributed by atoms with Crippen LogP contribution in [0.2, 0.25) is 0 Å². The number of rotatable bonds is 3. The Morgan fingerprint density at radius 3 is 2.10 bits per heavy atom. The van der Waals surface area contributed by atoms with Gasteiger partial charge in [0.05, 0.1) is 11.2 Å². The molecule has 1 aliphatic heterocycles. The number of halogens is 1. The minimum atomic E-state index is -0.283. The molecule has 5 heteroatoms. The van der Waals surface area contributed by atoms with Crippen molar-refractivity contribution in [2.75, 3.05) is 7.05 Å². The summed E-state index contributed by atoms with van der Waals surface area (Å²) in [7, 11) is 1.69. The predicted octanol–water partition coefficient (Wildman–Crippen LogP) is 2.44. The molecule has 0 unspecified atom stereocenters. The molecule has 0 amide bonds. The Morgan fingerprint density at radius 1 is 1.10 bits per heavy atom. The van der Waals surface area contributed by atoms with Crippen molar-refractivity contribution >= 4 is 25.0 Å². The zero-order valence-corrected chi connectivity index (χ0v) is 14.1. The van der Waals surface area contributed by atoms with Crippen LogP contribution in [0.15, 0.2) is 18.2 Å². The van der Waals surface area contributed by atoms with Crippen molar-refractivity contribution in [2.45, 2.75) is 52.4 Å². The number of aryl methyl sites for hydroxylation is 1. The summed E-state index contributed by atoms with van der Waals surface area (Å²) < 4.78 is 12.1. The third kappa shape index (κ3) is 3.20. The highest BCUT2D eigenvalue weighted by atomic mass is 35.5. The van der Waals surface area contributed by atoms with E-state index in [1.807, 2.05) is 7.05 Å². The molecular formula is C15H25BClNO2. The van der Waals surface area contributed by atoms with E-state index in [0.29, 0.717) is 0 Å². The van der Waals surface area contributed by atoms with Crippen LogP contribution < -0.4 is 10.8 Å². The van der Waals surface area contributed by atoms with Crippen molar-refractivity contribution in [1.82, 2.24) is 5.32 Å². The average Bonchev–Trinajstić information content (AvgIpc) is 2.51. The highest BCUT2D eigenvalue weighted by Gasteiger charge is 2.51. The van der Waals surface area contributed by atoms with Crippen molar-refractivity contribution in [2.24, 2.45) is 0 Å². The Morgan fingerprint density at radius 2 is 1.65 bits per heavy atom. The van der Waals surface area contributed by atoms with Gasteiger partial charge in [0.15, 0.2) is 0 Å². The molecule has 0 saturated carbocycles. The molecule has 2 rings (SSSR count). The molecule has 112 valence electrons. The second-order valence-corrected chi connectivity index (χ2v) is 6.30. The van der Waals surface area contributed by atoms with Crippen molar-refractivity contribution in [3.05, 3.63) is 29.3 Å². The summed E-state index contributed by atoms with van der Waals surface area (Å²) in [6, 6.07) is 6.41. The van der Waals surface area contributed by atoms with Gasteiger partial charge in [-0.3, -0.25) is 0 Å². The molecule has 1 N–H and O–H groups in total. The minimum absolute atomic E-state index is 0. The normalized spacial score (nSPS) is 19.8. The molecule has 0 aromatic heterocycles. The van der Waals surface area contributed by atoms with E-state index < -0.39 is 0 Å². The van der Waals surface area contributed by atoms with Gasteiger partial charge in [0.2, 0.25) is 0 Å². The maximum atomic E-state index is 6.07. The molecule has 3 nitrogen and oxygen atoms in total. The Balaban J connectivity index is 0.00000200. The van der Waals surface area contributed by atoms with Crippen molar-refractivity contribution < 1.29 is 9.31 Å². The first-order valence-electron chi connectivity index (χ1n) is 6.86. The van der Waals surface area contributed by atoms with Gasteiger partial charge in [0.25, 0.3) is 0 Å². The van der Waals surface area contributed by atoms with E-state index in [9.17, 15) is 0 Å². The van der Waals surface area contributed by atoms with Gasteiger partial charge in [-0.15, -0.1) is 12.4 Å². The molecule has 1 aromatic rings. The number of nitrogens with one attached hydrogen (secondary N) is 1. The second-order valence-electron chi connectivity index (χ2n) is 6.30.